The standard InChI is InChI=1S/C14H20N2O2S/c1-2-5-12-11(14(17)18)8-15-13(16-12)9-19-10-6-3-4-7-10/h8,10H,2-7,9H2,1H3,(H,17,18). The van der Waals surface area contributed by atoms with Gasteiger partial charge in [0, 0.05) is 11.4 Å². The number of nitrogens with zero attached hydrogens (tertiary/aromatic N) is 2. The van der Waals surface area contributed by atoms with E-state index in [0.717, 1.165) is 23.2 Å². The van der Waals surface area contributed by atoms with E-state index < -0.39 is 5.97 Å². The zero-order valence-corrected chi connectivity index (χ0v) is 12.1. The Labute approximate surface area is 118 Å². The number of thioether (sulfide) groups is 1. The summed E-state index contributed by atoms with van der Waals surface area (Å²) >= 11 is 1.91. The van der Waals surface area contributed by atoms with Gasteiger partial charge in [0.2, 0.25) is 0 Å². The van der Waals surface area contributed by atoms with Crippen molar-refractivity contribution in [2.45, 2.75) is 56.5 Å². The van der Waals surface area contributed by atoms with Crippen molar-refractivity contribution in [3.8, 4) is 0 Å². The summed E-state index contributed by atoms with van der Waals surface area (Å²) in [4.78, 5) is 19.7. The molecular weight excluding hydrogens is 260 g/mol. The van der Waals surface area contributed by atoms with Crippen LogP contribution in [0, 0.1) is 0 Å². The van der Waals surface area contributed by atoms with Crippen molar-refractivity contribution in [2.75, 3.05) is 0 Å². The number of hydrogen-bond donors (Lipinski definition) is 1. The molecule has 1 N–H and O–H groups in total. The average Bonchev–Trinajstić information content (AvgIpc) is 2.90. The van der Waals surface area contributed by atoms with Crippen LogP contribution in [0.25, 0.3) is 0 Å². The summed E-state index contributed by atoms with van der Waals surface area (Å²) in [7, 11) is 0. The highest BCUT2D eigenvalue weighted by Crippen LogP contribution is 2.31. The molecule has 0 atom stereocenters. The Bertz CT molecular complexity index is 445. The van der Waals surface area contributed by atoms with Gasteiger partial charge in [-0.1, -0.05) is 26.2 Å². The molecule has 0 bridgehead atoms. The van der Waals surface area contributed by atoms with Crippen molar-refractivity contribution in [3.05, 3.63) is 23.3 Å². The Morgan fingerprint density at radius 3 is 2.84 bits per heavy atom. The normalized spacial score (nSPS) is 15.8. The molecule has 2 rings (SSSR count). The van der Waals surface area contributed by atoms with Gasteiger partial charge in [0.15, 0.2) is 0 Å². The molecule has 104 valence electrons. The summed E-state index contributed by atoms with van der Waals surface area (Å²) < 4.78 is 0. The Morgan fingerprint density at radius 2 is 2.21 bits per heavy atom. The zero-order chi connectivity index (χ0) is 13.7. The van der Waals surface area contributed by atoms with Crippen LogP contribution in [0.1, 0.15) is 60.9 Å². The first-order chi connectivity index (χ1) is 9.20. The van der Waals surface area contributed by atoms with E-state index in [2.05, 4.69) is 9.97 Å². The molecule has 1 aromatic heterocycles. The molecule has 4 nitrogen and oxygen atoms in total. The van der Waals surface area contributed by atoms with Crippen LogP contribution >= 0.6 is 11.8 Å². The van der Waals surface area contributed by atoms with E-state index in [4.69, 9.17) is 5.11 Å². The van der Waals surface area contributed by atoms with Crippen LogP contribution in [0.4, 0.5) is 0 Å². The maximum absolute atomic E-state index is 11.1. The van der Waals surface area contributed by atoms with E-state index >= 15 is 0 Å². The largest absolute Gasteiger partial charge is 0.478 e. The molecule has 19 heavy (non-hydrogen) atoms. The predicted octanol–water partition coefficient (Wildman–Crippen LogP) is 3.30. The van der Waals surface area contributed by atoms with Gasteiger partial charge in [0.25, 0.3) is 0 Å². The quantitative estimate of drug-likeness (QED) is 0.866. The monoisotopic (exact) mass is 280 g/mol. The van der Waals surface area contributed by atoms with Crippen LogP contribution in [-0.4, -0.2) is 26.3 Å². The molecule has 1 fully saturated rings. The molecule has 0 radical (unpaired) electrons. The van der Waals surface area contributed by atoms with Gasteiger partial charge in [0.05, 0.1) is 17.0 Å². The van der Waals surface area contributed by atoms with Crippen molar-refractivity contribution >= 4 is 17.7 Å². The minimum Gasteiger partial charge on any atom is -0.478 e. The van der Waals surface area contributed by atoms with Crippen LogP contribution < -0.4 is 0 Å². The van der Waals surface area contributed by atoms with Gasteiger partial charge in [0.1, 0.15) is 5.82 Å². The summed E-state index contributed by atoms with van der Waals surface area (Å²) in [5, 5.41) is 9.83. The molecule has 1 heterocycles. The number of hydrogen-bond acceptors (Lipinski definition) is 4. The van der Waals surface area contributed by atoms with Crippen LogP contribution in [0.15, 0.2) is 6.20 Å². The van der Waals surface area contributed by atoms with Gasteiger partial charge in [-0.25, -0.2) is 14.8 Å². The molecule has 0 saturated heterocycles. The number of carboxylic acids is 1. The smallest absolute Gasteiger partial charge is 0.339 e. The molecule has 1 aromatic rings. The van der Waals surface area contributed by atoms with Crippen molar-refractivity contribution in [1.29, 1.82) is 0 Å². The van der Waals surface area contributed by atoms with Gasteiger partial charge in [-0.3, -0.25) is 0 Å². The van der Waals surface area contributed by atoms with E-state index in [-0.39, 0.29) is 5.56 Å². The summed E-state index contributed by atoms with van der Waals surface area (Å²) in [6, 6.07) is 0. The van der Waals surface area contributed by atoms with Gasteiger partial charge < -0.3 is 5.11 Å². The molecule has 1 saturated carbocycles. The van der Waals surface area contributed by atoms with Crippen LogP contribution in [0.2, 0.25) is 0 Å². The second-order valence-electron chi connectivity index (χ2n) is 4.92. The maximum Gasteiger partial charge on any atom is 0.339 e. The first kappa shape index (κ1) is 14.3. The second-order valence-corrected chi connectivity index (χ2v) is 6.21. The molecule has 0 amide bonds. The number of carboxylic acid groups (broad SMARTS) is 1. The van der Waals surface area contributed by atoms with E-state index in [1.54, 1.807) is 0 Å². The summed E-state index contributed by atoms with van der Waals surface area (Å²) in [5.41, 5.74) is 0.920. The lowest BCUT2D eigenvalue weighted by Crippen LogP contribution is -2.09. The zero-order valence-electron chi connectivity index (χ0n) is 11.3. The summed E-state index contributed by atoms with van der Waals surface area (Å²) in [6.07, 6.45) is 8.30. The third-order valence-electron chi connectivity index (χ3n) is 3.39. The van der Waals surface area contributed by atoms with Gasteiger partial charge in [-0.2, -0.15) is 11.8 Å². The fourth-order valence-electron chi connectivity index (χ4n) is 2.38. The first-order valence-electron chi connectivity index (χ1n) is 6.90. The predicted molar refractivity (Wildman–Crippen MR) is 76.5 cm³/mol. The van der Waals surface area contributed by atoms with Crippen molar-refractivity contribution in [1.82, 2.24) is 9.97 Å². The minimum absolute atomic E-state index is 0.247. The number of rotatable bonds is 6. The molecule has 5 heteroatoms. The van der Waals surface area contributed by atoms with E-state index in [1.807, 2.05) is 18.7 Å². The molecule has 0 aliphatic heterocycles. The number of aromatic nitrogens is 2. The summed E-state index contributed by atoms with van der Waals surface area (Å²) in [6.45, 7) is 2.03. The molecule has 1 aliphatic carbocycles. The Hall–Kier alpha value is -1.10. The molecule has 0 aromatic carbocycles. The van der Waals surface area contributed by atoms with E-state index in [9.17, 15) is 4.79 Å². The highest BCUT2D eigenvalue weighted by Gasteiger charge is 2.17. The van der Waals surface area contributed by atoms with Gasteiger partial charge >= 0.3 is 5.97 Å². The first-order valence-corrected chi connectivity index (χ1v) is 7.95. The molecular formula is C14H20N2O2S. The lowest BCUT2D eigenvalue weighted by molar-refractivity contribution is 0.0694. The van der Waals surface area contributed by atoms with E-state index in [1.165, 1.54) is 31.9 Å². The van der Waals surface area contributed by atoms with Gasteiger partial charge in [-0.15, -0.1) is 0 Å². The molecule has 0 spiro atoms. The number of carbonyl (C=O) groups is 1. The highest BCUT2D eigenvalue weighted by atomic mass is 32.2. The number of aromatic carboxylic acids is 1. The van der Waals surface area contributed by atoms with Crippen molar-refractivity contribution < 1.29 is 9.90 Å². The van der Waals surface area contributed by atoms with Crippen molar-refractivity contribution in [2.24, 2.45) is 0 Å². The summed E-state index contributed by atoms with van der Waals surface area (Å²) in [5.74, 6) is 0.630. The lowest BCUT2D eigenvalue weighted by Gasteiger charge is -2.09. The van der Waals surface area contributed by atoms with Crippen LogP contribution in [0.5, 0.6) is 0 Å². The SMILES string of the molecule is CCCc1nc(CSC2CCCC2)ncc1C(=O)O. The topological polar surface area (TPSA) is 63.1 Å². The molecule has 0 unspecified atom stereocenters. The highest BCUT2D eigenvalue weighted by molar-refractivity contribution is 7.99. The fraction of sp³-hybridized carbons (Fsp3) is 0.643. The Kier molecular flexibility index (Phi) is 5.19. The third kappa shape index (κ3) is 3.93. The third-order valence-corrected chi connectivity index (χ3v) is 4.75. The van der Waals surface area contributed by atoms with Crippen molar-refractivity contribution in [3.63, 3.8) is 0 Å². The van der Waals surface area contributed by atoms with Gasteiger partial charge in [-0.05, 0) is 19.3 Å². The Balaban J connectivity index is 2.04. The van der Waals surface area contributed by atoms with Crippen LogP contribution in [0.3, 0.4) is 0 Å². The molecule has 1 aliphatic rings. The second kappa shape index (κ2) is 6.89. The van der Waals surface area contributed by atoms with Crippen LogP contribution in [-0.2, 0) is 12.2 Å². The Morgan fingerprint density at radius 1 is 1.47 bits per heavy atom. The average molecular weight is 280 g/mol. The fourth-order valence-corrected chi connectivity index (χ4v) is 3.57. The van der Waals surface area contributed by atoms with E-state index in [0.29, 0.717) is 12.1 Å². The lowest BCUT2D eigenvalue weighted by atomic mass is 10.1. The number of aryl methyl sites for hydroxylation is 1. The minimum atomic E-state index is -0.932. The maximum atomic E-state index is 11.1.